The molecule has 0 aliphatic carbocycles. The van der Waals surface area contributed by atoms with E-state index in [2.05, 4.69) is 5.32 Å². The van der Waals surface area contributed by atoms with Crippen LogP contribution in [-0.4, -0.2) is 43.3 Å². The zero-order valence-electron chi connectivity index (χ0n) is 7.83. The predicted octanol–water partition coefficient (Wildman–Crippen LogP) is -0.201. The quantitative estimate of drug-likeness (QED) is 0.599. The number of carbonyl (C=O) groups is 1. The summed E-state index contributed by atoms with van der Waals surface area (Å²) in [6.45, 7) is 5.17. The summed E-state index contributed by atoms with van der Waals surface area (Å²) >= 11 is 0. The van der Waals surface area contributed by atoms with Crippen molar-refractivity contribution in [1.82, 2.24) is 10.2 Å². The van der Waals surface area contributed by atoms with Crippen molar-refractivity contribution in [3.05, 3.63) is 0 Å². The van der Waals surface area contributed by atoms with Gasteiger partial charge in [-0.1, -0.05) is 0 Å². The van der Waals surface area contributed by atoms with Crippen LogP contribution in [0.15, 0.2) is 0 Å². The maximum absolute atomic E-state index is 10.8. The molecule has 1 rings (SSSR count). The molecular weight excluding hydrogens is 156 g/mol. The van der Waals surface area contributed by atoms with Gasteiger partial charge in [0.15, 0.2) is 0 Å². The molecule has 4 nitrogen and oxygen atoms in total. The zero-order chi connectivity index (χ0) is 9.14. The number of likely N-dealkylation sites (tertiary alicyclic amines) is 1. The van der Waals surface area contributed by atoms with E-state index in [1.807, 2.05) is 6.92 Å². The summed E-state index contributed by atoms with van der Waals surface area (Å²) < 4.78 is 5.04. The SMILES string of the molecule is COC(C)NC1CN(C(C)=O)C1. The Hall–Kier alpha value is -0.610. The lowest BCUT2D eigenvalue weighted by Crippen LogP contribution is -2.61. The van der Waals surface area contributed by atoms with Crippen LogP contribution in [0.4, 0.5) is 0 Å². The van der Waals surface area contributed by atoms with Gasteiger partial charge < -0.3 is 9.64 Å². The minimum absolute atomic E-state index is 0.0732. The molecule has 1 atom stereocenters. The van der Waals surface area contributed by atoms with Crippen molar-refractivity contribution in [2.75, 3.05) is 20.2 Å². The number of ether oxygens (including phenoxy) is 1. The van der Waals surface area contributed by atoms with Gasteiger partial charge in [0.25, 0.3) is 0 Å². The normalized spacial score (nSPS) is 20.4. The molecule has 12 heavy (non-hydrogen) atoms. The third-order valence-corrected chi connectivity index (χ3v) is 2.15. The Labute approximate surface area is 72.9 Å². The van der Waals surface area contributed by atoms with Crippen LogP contribution in [0.1, 0.15) is 13.8 Å². The van der Waals surface area contributed by atoms with Gasteiger partial charge in [0.1, 0.15) is 6.23 Å². The average Bonchev–Trinajstić information content (AvgIpc) is 1.94. The second-order valence-corrected chi connectivity index (χ2v) is 3.17. The van der Waals surface area contributed by atoms with E-state index in [0.29, 0.717) is 6.04 Å². The van der Waals surface area contributed by atoms with Crippen molar-refractivity contribution in [2.24, 2.45) is 0 Å². The number of amides is 1. The van der Waals surface area contributed by atoms with Crippen LogP contribution in [0.3, 0.4) is 0 Å². The van der Waals surface area contributed by atoms with Crippen LogP contribution in [0.5, 0.6) is 0 Å². The Kier molecular flexibility index (Phi) is 3.05. The molecule has 0 bridgehead atoms. The number of rotatable bonds is 3. The minimum Gasteiger partial charge on any atom is -0.367 e. The summed E-state index contributed by atoms with van der Waals surface area (Å²) in [5.41, 5.74) is 0. The Balaban J connectivity index is 2.13. The summed E-state index contributed by atoms with van der Waals surface area (Å²) in [6.07, 6.45) is 0.0732. The van der Waals surface area contributed by atoms with Gasteiger partial charge in [0.2, 0.25) is 5.91 Å². The number of carbonyl (C=O) groups excluding carboxylic acids is 1. The van der Waals surface area contributed by atoms with Crippen molar-refractivity contribution in [2.45, 2.75) is 26.1 Å². The maximum Gasteiger partial charge on any atom is 0.219 e. The van der Waals surface area contributed by atoms with Gasteiger partial charge in [-0.05, 0) is 6.92 Å². The Morgan fingerprint density at radius 3 is 2.67 bits per heavy atom. The van der Waals surface area contributed by atoms with Crippen LogP contribution < -0.4 is 5.32 Å². The zero-order valence-corrected chi connectivity index (χ0v) is 7.83. The van der Waals surface area contributed by atoms with Crippen LogP contribution >= 0.6 is 0 Å². The summed E-state index contributed by atoms with van der Waals surface area (Å²) in [6, 6.07) is 0.406. The summed E-state index contributed by atoms with van der Waals surface area (Å²) in [5, 5.41) is 3.23. The molecule has 1 amide bonds. The van der Waals surface area contributed by atoms with Gasteiger partial charge in [0.05, 0.1) is 0 Å². The van der Waals surface area contributed by atoms with E-state index >= 15 is 0 Å². The number of hydrogen-bond acceptors (Lipinski definition) is 3. The maximum atomic E-state index is 10.8. The molecule has 1 fully saturated rings. The Bertz CT molecular complexity index is 166. The van der Waals surface area contributed by atoms with Gasteiger partial charge in [-0.25, -0.2) is 0 Å². The highest BCUT2D eigenvalue weighted by Crippen LogP contribution is 2.08. The van der Waals surface area contributed by atoms with E-state index in [9.17, 15) is 4.79 Å². The largest absolute Gasteiger partial charge is 0.367 e. The number of methoxy groups -OCH3 is 1. The van der Waals surface area contributed by atoms with E-state index in [0.717, 1.165) is 13.1 Å². The lowest BCUT2D eigenvalue weighted by molar-refractivity contribution is -0.134. The molecule has 1 N–H and O–H groups in total. The van der Waals surface area contributed by atoms with Gasteiger partial charge in [-0.3, -0.25) is 10.1 Å². The highest BCUT2D eigenvalue weighted by atomic mass is 16.5. The standard InChI is InChI=1S/C8H16N2O2/c1-6(12-3)9-8-4-10(5-8)7(2)11/h6,8-9H,4-5H2,1-3H3. The smallest absolute Gasteiger partial charge is 0.219 e. The first-order valence-electron chi connectivity index (χ1n) is 4.18. The molecule has 0 spiro atoms. The van der Waals surface area contributed by atoms with Crippen molar-refractivity contribution in [1.29, 1.82) is 0 Å². The number of nitrogens with one attached hydrogen (secondary N) is 1. The van der Waals surface area contributed by atoms with Gasteiger partial charge in [0, 0.05) is 33.2 Å². The third kappa shape index (κ3) is 2.19. The van der Waals surface area contributed by atoms with E-state index in [4.69, 9.17) is 4.74 Å². The van der Waals surface area contributed by atoms with E-state index in [-0.39, 0.29) is 12.1 Å². The van der Waals surface area contributed by atoms with Crippen molar-refractivity contribution < 1.29 is 9.53 Å². The molecule has 1 unspecified atom stereocenters. The second kappa shape index (κ2) is 3.87. The molecule has 1 aliphatic rings. The molecule has 1 aliphatic heterocycles. The van der Waals surface area contributed by atoms with Gasteiger partial charge in [-0.2, -0.15) is 0 Å². The molecule has 0 saturated carbocycles. The average molecular weight is 172 g/mol. The number of nitrogens with zero attached hydrogens (tertiary/aromatic N) is 1. The first kappa shape index (κ1) is 9.48. The Morgan fingerprint density at radius 1 is 1.67 bits per heavy atom. The first-order chi connectivity index (χ1) is 5.63. The van der Waals surface area contributed by atoms with E-state index in [1.165, 1.54) is 0 Å². The van der Waals surface area contributed by atoms with Gasteiger partial charge in [-0.15, -0.1) is 0 Å². The van der Waals surface area contributed by atoms with Crippen LogP contribution in [0, 0.1) is 0 Å². The molecule has 0 aromatic rings. The highest BCUT2D eigenvalue weighted by molar-refractivity contribution is 5.74. The fourth-order valence-corrected chi connectivity index (χ4v) is 1.24. The topological polar surface area (TPSA) is 41.6 Å². The molecule has 4 heteroatoms. The molecule has 1 saturated heterocycles. The summed E-state index contributed by atoms with van der Waals surface area (Å²) in [7, 11) is 1.67. The Morgan fingerprint density at radius 2 is 2.25 bits per heavy atom. The van der Waals surface area contributed by atoms with Crippen molar-refractivity contribution >= 4 is 5.91 Å². The van der Waals surface area contributed by atoms with Crippen molar-refractivity contribution in [3.63, 3.8) is 0 Å². The molecule has 1 heterocycles. The van der Waals surface area contributed by atoms with Crippen molar-refractivity contribution in [3.8, 4) is 0 Å². The van der Waals surface area contributed by atoms with Crippen LogP contribution in [0.25, 0.3) is 0 Å². The lowest BCUT2D eigenvalue weighted by Gasteiger charge is -2.40. The molecule has 70 valence electrons. The summed E-state index contributed by atoms with van der Waals surface area (Å²) in [4.78, 5) is 12.6. The second-order valence-electron chi connectivity index (χ2n) is 3.17. The molecule has 0 radical (unpaired) electrons. The van der Waals surface area contributed by atoms with E-state index < -0.39 is 0 Å². The lowest BCUT2D eigenvalue weighted by atomic mass is 10.1. The van der Waals surface area contributed by atoms with Crippen LogP contribution in [0.2, 0.25) is 0 Å². The van der Waals surface area contributed by atoms with E-state index in [1.54, 1.807) is 18.9 Å². The molecule has 0 aromatic carbocycles. The fourth-order valence-electron chi connectivity index (χ4n) is 1.24. The third-order valence-electron chi connectivity index (χ3n) is 2.15. The molecular formula is C8H16N2O2. The summed E-state index contributed by atoms with van der Waals surface area (Å²) in [5.74, 6) is 0.151. The van der Waals surface area contributed by atoms with Crippen LogP contribution in [-0.2, 0) is 9.53 Å². The highest BCUT2D eigenvalue weighted by Gasteiger charge is 2.28. The predicted molar refractivity (Wildman–Crippen MR) is 45.6 cm³/mol. The fraction of sp³-hybridized carbons (Fsp3) is 0.875. The van der Waals surface area contributed by atoms with Gasteiger partial charge >= 0.3 is 0 Å². The minimum atomic E-state index is 0.0732. The molecule has 0 aromatic heterocycles. The number of hydrogen-bond donors (Lipinski definition) is 1. The monoisotopic (exact) mass is 172 g/mol. The first-order valence-corrected chi connectivity index (χ1v) is 4.18.